The van der Waals surface area contributed by atoms with E-state index in [2.05, 4.69) is 0 Å². The molecule has 0 saturated carbocycles. The Bertz CT molecular complexity index is 718. The van der Waals surface area contributed by atoms with Crippen LogP contribution < -0.4 is 5.73 Å². The number of rotatable bonds is 2. The van der Waals surface area contributed by atoms with E-state index in [1.165, 1.54) is 6.26 Å². The van der Waals surface area contributed by atoms with E-state index in [9.17, 15) is 8.42 Å². The van der Waals surface area contributed by atoms with E-state index in [0.29, 0.717) is 16.1 Å². The van der Waals surface area contributed by atoms with Gasteiger partial charge in [0.05, 0.1) is 4.90 Å². The highest BCUT2D eigenvalue weighted by Gasteiger charge is 2.13. The first-order chi connectivity index (χ1) is 9.71. The van der Waals surface area contributed by atoms with Gasteiger partial charge in [0, 0.05) is 24.4 Å². The number of hydrogen-bond donors (Lipinski definition) is 2. The molecule has 0 bridgehead atoms. The fraction of sp³-hybridized carbons (Fsp3) is 0.133. The Kier molecular flexibility index (Phi) is 5.49. The molecule has 0 radical (unpaired) electrons. The number of nitrogen functional groups attached to an aromatic ring is 1. The highest BCUT2D eigenvalue weighted by molar-refractivity contribution is 7.90. The maximum atomic E-state index is 11.7. The first-order valence-electron chi connectivity index (χ1n) is 6.06. The average molecular weight is 307 g/mol. The molecule has 0 aliphatic heterocycles. The van der Waals surface area contributed by atoms with Gasteiger partial charge in [-0.05, 0) is 23.8 Å². The van der Waals surface area contributed by atoms with Crippen molar-refractivity contribution in [2.24, 2.45) is 0 Å². The van der Waals surface area contributed by atoms with Crippen LogP contribution in [0.5, 0.6) is 0 Å². The summed E-state index contributed by atoms with van der Waals surface area (Å²) in [6, 6.07) is 14.1. The molecule has 0 spiro atoms. The second-order valence-corrected chi connectivity index (χ2v) is 6.39. The lowest BCUT2D eigenvalue weighted by Gasteiger charge is -2.08. The average Bonchev–Trinajstić information content (AvgIpc) is 2.38. The van der Waals surface area contributed by atoms with Gasteiger partial charge in [0.1, 0.15) is 0 Å². The van der Waals surface area contributed by atoms with Crippen LogP contribution in [0.2, 0.25) is 0 Å². The van der Waals surface area contributed by atoms with Crippen molar-refractivity contribution in [2.45, 2.75) is 11.8 Å². The van der Waals surface area contributed by atoms with Gasteiger partial charge >= 0.3 is 0 Å². The fourth-order valence-electron chi connectivity index (χ4n) is 1.69. The molecule has 0 unspecified atom stereocenters. The fourth-order valence-corrected chi connectivity index (χ4v) is 2.60. The van der Waals surface area contributed by atoms with Crippen molar-refractivity contribution >= 4 is 21.5 Å². The number of anilines is 1. The molecule has 0 aliphatic carbocycles. The van der Waals surface area contributed by atoms with Crippen molar-refractivity contribution in [3.8, 4) is 11.1 Å². The van der Waals surface area contributed by atoms with E-state index >= 15 is 0 Å². The number of hydrogen-bond acceptors (Lipinski definition) is 4. The molecule has 112 valence electrons. The van der Waals surface area contributed by atoms with Crippen LogP contribution in [0.15, 0.2) is 53.4 Å². The molecule has 2 aromatic carbocycles. The van der Waals surface area contributed by atoms with Crippen LogP contribution in [-0.4, -0.2) is 25.7 Å². The van der Waals surface area contributed by atoms with Crippen molar-refractivity contribution in [2.75, 3.05) is 12.0 Å². The lowest BCUT2D eigenvalue weighted by atomic mass is 10.1. The van der Waals surface area contributed by atoms with Gasteiger partial charge in [-0.15, -0.1) is 0 Å². The van der Waals surface area contributed by atoms with Gasteiger partial charge in [-0.3, -0.25) is 4.79 Å². The van der Waals surface area contributed by atoms with Gasteiger partial charge in [-0.2, -0.15) is 0 Å². The van der Waals surface area contributed by atoms with Crippen molar-refractivity contribution in [1.29, 1.82) is 0 Å². The second-order valence-electron chi connectivity index (χ2n) is 4.41. The van der Waals surface area contributed by atoms with Gasteiger partial charge < -0.3 is 10.8 Å². The van der Waals surface area contributed by atoms with E-state index in [0.717, 1.165) is 12.5 Å². The van der Waals surface area contributed by atoms with Crippen LogP contribution in [0.25, 0.3) is 11.1 Å². The van der Waals surface area contributed by atoms with Gasteiger partial charge in [-0.25, -0.2) is 8.42 Å². The summed E-state index contributed by atoms with van der Waals surface area (Å²) in [4.78, 5) is 9.34. The first kappa shape index (κ1) is 16.7. The van der Waals surface area contributed by atoms with E-state index in [1.54, 1.807) is 30.3 Å². The molecule has 0 fully saturated rings. The number of benzene rings is 2. The van der Waals surface area contributed by atoms with Crippen LogP contribution in [0.1, 0.15) is 6.92 Å². The zero-order valence-corrected chi connectivity index (χ0v) is 12.6. The van der Waals surface area contributed by atoms with Crippen molar-refractivity contribution in [3.63, 3.8) is 0 Å². The van der Waals surface area contributed by atoms with Gasteiger partial charge in [-0.1, -0.05) is 30.3 Å². The maximum absolute atomic E-state index is 11.7. The number of carboxylic acids is 1. The molecule has 0 heterocycles. The molecular weight excluding hydrogens is 290 g/mol. The monoisotopic (exact) mass is 307 g/mol. The minimum atomic E-state index is -3.22. The lowest BCUT2D eigenvalue weighted by molar-refractivity contribution is -0.134. The standard InChI is InChI=1S/C13H13NO2S.C2H4O2/c1-17(15,16)13-5-3-2-4-12(13)10-6-8-11(14)9-7-10;1-2(3)4/h2-9H,14H2,1H3;1H3,(H,3,4). The van der Waals surface area contributed by atoms with Crippen LogP contribution in [0.3, 0.4) is 0 Å². The van der Waals surface area contributed by atoms with Gasteiger partial charge in [0.15, 0.2) is 9.84 Å². The lowest BCUT2D eigenvalue weighted by Crippen LogP contribution is -1.99. The van der Waals surface area contributed by atoms with Gasteiger partial charge in [0.25, 0.3) is 5.97 Å². The Morgan fingerprint density at radius 1 is 1.05 bits per heavy atom. The quantitative estimate of drug-likeness (QED) is 0.830. The molecular formula is C15H17NO4S. The largest absolute Gasteiger partial charge is 0.481 e. The Labute approximate surface area is 124 Å². The highest BCUT2D eigenvalue weighted by Crippen LogP contribution is 2.27. The zero-order valence-electron chi connectivity index (χ0n) is 11.8. The Hall–Kier alpha value is -2.34. The summed E-state index contributed by atoms with van der Waals surface area (Å²) >= 11 is 0. The molecule has 2 rings (SSSR count). The molecule has 0 saturated heterocycles. The predicted octanol–water partition coefficient (Wildman–Crippen LogP) is 2.43. The third-order valence-corrected chi connectivity index (χ3v) is 3.66. The first-order valence-corrected chi connectivity index (χ1v) is 7.95. The summed E-state index contributed by atoms with van der Waals surface area (Å²) in [6.45, 7) is 1.08. The Morgan fingerprint density at radius 3 is 2.00 bits per heavy atom. The molecule has 0 amide bonds. The van der Waals surface area contributed by atoms with Crippen LogP contribution in [-0.2, 0) is 14.6 Å². The molecule has 0 atom stereocenters. The van der Waals surface area contributed by atoms with Crippen molar-refractivity contribution in [1.82, 2.24) is 0 Å². The summed E-state index contributed by atoms with van der Waals surface area (Å²) in [6.07, 6.45) is 1.21. The Balaban J connectivity index is 0.000000491. The highest BCUT2D eigenvalue weighted by atomic mass is 32.2. The van der Waals surface area contributed by atoms with E-state index in [4.69, 9.17) is 15.6 Å². The summed E-state index contributed by atoms with van der Waals surface area (Å²) < 4.78 is 23.3. The molecule has 5 nitrogen and oxygen atoms in total. The number of sulfone groups is 1. The number of nitrogens with two attached hydrogens (primary N) is 1. The normalized spacial score (nSPS) is 10.4. The number of carboxylic acid groups (broad SMARTS) is 1. The third kappa shape index (κ3) is 5.27. The Morgan fingerprint density at radius 2 is 1.52 bits per heavy atom. The summed E-state index contributed by atoms with van der Waals surface area (Å²) in [5, 5.41) is 7.42. The molecule has 3 N–H and O–H groups in total. The maximum Gasteiger partial charge on any atom is 0.300 e. The minimum Gasteiger partial charge on any atom is -0.481 e. The van der Waals surface area contributed by atoms with Crippen LogP contribution in [0, 0.1) is 0 Å². The van der Waals surface area contributed by atoms with E-state index < -0.39 is 15.8 Å². The zero-order chi connectivity index (χ0) is 16.0. The van der Waals surface area contributed by atoms with Crippen molar-refractivity contribution in [3.05, 3.63) is 48.5 Å². The number of aliphatic carboxylic acids is 1. The second kappa shape index (κ2) is 6.90. The predicted molar refractivity (Wildman–Crippen MR) is 82.7 cm³/mol. The van der Waals surface area contributed by atoms with Crippen molar-refractivity contribution < 1.29 is 18.3 Å². The summed E-state index contributed by atoms with van der Waals surface area (Å²) in [5.74, 6) is -0.833. The summed E-state index contributed by atoms with van der Waals surface area (Å²) in [7, 11) is -3.22. The van der Waals surface area contributed by atoms with Crippen LogP contribution in [0.4, 0.5) is 5.69 Å². The molecule has 2 aromatic rings. The van der Waals surface area contributed by atoms with Gasteiger partial charge in [0.2, 0.25) is 0 Å². The van der Waals surface area contributed by atoms with E-state index in [1.807, 2.05) is 18.2 Å². The molecule has 0 aromatic heterocycles. The van der Waals surface area contributed by atoms with Crippen LogP contribution >= 0.6 is 0 Å². The minimum absolute atomic E-state index is 0.338. The third-order valence-electron chi connectivity index (χ3n) is 2.51. The summed E-state index contributed by atoms with van der Waals surface area (Å²) in [5.41, 5.74) is 7.82. The SMILES string of the molecule is CC(=O)O.CS(=O)(=O)c1ccccc1-c1ccc(N)cc1. The van der Waals surface area contributed by atoms with E-state index in [-0.39, 0.29) is 0 Å². The topological polar surface area (TPSA) is 97.5 Å². The smallest absolute Gasteiger partial charge is 0.300 e. The number of carbonyl (C=O) groups is 1. The molecule has 0 aliphatic rings. The molecule has 21 heavy (non-hydrogen) atoms. The molecule has 6 heteroatoms.